The average molecular weight is 344 g/mol. The fourth-order valence-electron chi connectivity index (χ4n) is 2.90. The number of nitrogens with one attached hydrogen (secondary N) is 1. The van der Waals surface area contributed by atoms with E-state index < -0.39 is 0 Å². The maximum absolute atomic E-state index is 12.1. The number of benzene rings is 1. The van der Waals surface area contributed by atoms with E-state index in [-0.39, 0.29) is 5.91 Å². The first kappa shape index (κ1) is 17.6. The van der Waals surface area contributed by atoms with Crippen LogP contribution in [0.5, 0.6) is 0 Å². The summed E-state index contributed by atoms with van der Waals surface area (Å²) < 4.78 is 10.1. The van der Waals surface area contributed by atoms with Gasteiger partial charge in [0.15, 0.2) is 0 Å². The van der Waals surface area contributed by atoms with Gasteiger partial charge in [-0.3, -0.25) is 9.69 Å². The molecule has 0 radical (unpaired) electrons. The van der Waals surface area contributed by atoms with Gasteiger partial charge in [0.2, 0.25) is 18.1 Å². The predicted molar refractivity (Wildman–Crippen MR) is 92.7 cm³/mol. The van der Waals surface area contributed by atoms with Crippen molar-refractivity contribution in [1.29, 1.82) is 0 Å². The van der Waals surface area contributed by atoms with Crippen LogP contribution in [0.2, 0.25) is 0 Å². The molecule has 1 aliphatic rings. The molecule has 1 fully saturated rings. The second kappa shape index (κ2) is 8.73. The van der Waals surface area contributed by atoms with E-state index in [4.69, 9.17) is 9.26 Å². The van der Waals surface area contributed by atoms with Crippen molar-refractivity contribution in [2.24, 2.45) is 0 Å². The molecule has 1 aliphatic heterocycles. The van der Waals surface area contributed by atoms with E-state index in [2.05, 4.69) is 27.3 Å². The summed E-state index contributed by atoms with van der Waals surface area (Å²) in [6.45, 7) is 6.18. The van der Waals surface area contributed by atoms with Crippen molar-refractivity contribution in [3.05, 3.63) is 36.2 Å². The molecule has 1 atom stereocenters. The largest absolute Gasteiger partial charge is 0.379 e. The van der Waals surface area contributed by atoms with Crippen LogP contribution in [0.4, 0.5) is 0 Å². The van der Waals surface area contributed by atoms with Crippen LogP contribution in [0.3, 0.4) is 0 Å². The molecule has 1 N–H and O–H groups in total. The molecule has 1 aromatic carbocycles. The molecule has 25 heavy (non-hydrogen) atoms. The Labute approximate surface area is 147 Å². The minimum absolute atomic E-state index is 0.0855. The summed E-state index contributed by atoms with van der Waals surface area (Å²) in [5.74, 6) is 0.648. The maximum Gasteiger partial charge on any atom is 0.220 e. The molecule has 7 heteroatoms. The number of amides is 1. The standard InChI is InChI=1S/C18H24N4O3/c1-14(22-8-10-24-11-9-22)2-7-17(23)19-12-15-3-5-16(6-4-15)18-20-13-25-21-18/h3-6,13-14H,2,7-12H2,1H3,(H,19,23)/t14-/m1/s1. The summed E-state index contributed by atoms with van der Waals surface area (Å²) in [4.78, 5) is 18.5. The van der Waals surface area contributed by atoms with E-state index >= 15 is 0 Å². The molecule has 0 aliphatic carbocycles. The quantitative estimate of drug-likeness (QED) is 0.826. The number of nitrogens with zero attached hydrogens (tertiary/aromatic N) is 3. The molecular formula is C18H24N4O3. The monoisotopic (exact) mass is 344 g/mol. The van der Waals surface area contributed by atoms with Crippen LogP contribution in [0, 0.1) is 0 Å². The molecule has 1 saturated heterocycles. The fourth-order valence-corrected chi connectivity index (χ4v) is 2.90. The molecule has 0 spiro atoms. The summed E-state index contributed by atoms with van der Waals surface area (Å²) in [5, 5.41) is 6.78. The molecule has 0 saturated carbocycles. The number of hydrogen-bond donors (Lipinski definition) is 1. The lowest BCUT2D eigenvalue weighted by molar-refractivity contribution is -0.121. The van der Waals surface area contributed by atoms with Gasteiger partial charge in [-0.25, -0.2) is 0 Å². The van der Waals surface area contributed by atoms with Crippen LogP contribution >= 0.6 is 0 Å². The molecule has 2 heterocycles. The van der Waals surface area contributed by atoms with Crippen LogP contribution < -0.4 is 5.32 Å². The van der Waals surface area contributed by atoms with E-state index in [9.17, 15) is 4.79 Å². The molecule has 0 bridgehead atoms. The topological polar surface area (TPSA) is 80.5 Å². The third kappa shape index (κ3) is 5.11. The molecule has 2 aromatic rings. The van der Waals surface area contributed by atoms with Crippen molar-refractivity contribution in [3.63, 3.8) is 0 Å². The fraction of sp³-hybridized carbons (Fsp3) is 0.500. The third-order valence-electron chi connectivity index (χ3n) is 4.52. The summed E-state index contributed by atoms with van der Waals surface area (Å²) in [6.07, 6.45) is 2.71. The summed E-state index contributed by atoms with van der Waals surface area (Å²) in [6, 6.07) is 8.17. The number of hydrogen-bond acceptors (Lipinski definition) is 6. The maximum atomic E-state index is 12.1. The Balaban J connectivity index is 1.39. The van der Waals surface area contributed by atoms with Crippen LogP contribution in [0.25, 0.3) is 11.4 Å². The van der Waals surface area contributed by atoms with Crippen LogP contribution in [-0.2, 0) is 16.1 Å². The van der Waals surface area contributed by atoms with Crippen LogP contribution in [0.15, 0.2) is 35.2 Å². The molecular weight excluding hydrogens is 320 g/mol. The molecule has 1 amide bonds. The minimum Gasteiger partial charge on any atom is -0.379 e. The number of carbonyl (C=O) groups excluding carboxylic acids is 1. The second-order valence-corrected chi connectivity index (χ2v) is 6.26. The number of morpholine rings is 1. The number of ether oxygens (including phenoxy) is 1. The van der Waals surface area contributed by atoms with Gasteiger partial charge in [0, 0.05) is 37.7 Å². The summed E-state index contributed by atoms with van der Waals surface area (Å²) in [5.41, 5.74) is 1.94. The van der Waals surface area contributed by atoms with E-state index in [1.807, 2.05) is 24.3 Å². The normalized spacial score (nSPS) is 16.5. The highest BCUT2D eigenvalue weighted by Crippen LogP contribution is 2.15. The summed E-state index contributed by atoms with van der Waals surface area (Å²) in [7, 11) is 0. The smallest absolute Gasteiger partial charge is 0.220 e. The number of rotatable bonds is 7. The molecule has 1 aromatic heterocycles. The first-order valence-electron chi connectivity index (χ1n) is 8.66. The van der Waals surface area contributed by atoms with Crippen molar-refractivity contribution in [1.82, 2.24) is 20.4 Å². The summed E-state index contributed by atoms with van der Waals surface area (Å²) >= 11 is 0. The minimum atomic E-state index is 0.0855. The SMILES string of the molecule is C[C@H](CCC(=O)NCc1ccc(-c2ncon2)cc1)N1CCOCC1. The van der Waals surface area contributed by atoms with E-state index in [1.165, 1.54) is 6.39 Å². The first-order valence-corrected chi connectivity index (χ1v) is 8.66. The lowest BCUT2D eigenvalue weighted by Crippen LogP contribution is -2.42. The van der Waals surface area contributed by atoms with E-state index in [1.54, 1.807) is 0 Å². The van der Waals surface area contributed by atoms with E-state index in [0.717, 1.165) is 43.9 Å². The number of carbonyl (C=O) groups is 1. The third-order valence-corrected chi connectivity index (χ3v) is 4.52. The molecule has 3 rings (SSSR count). The van der Waals surface area contributed by atoms with Crippen LogP contribution in [0.1, 0.15) is 25.3 Å². The van der Waals surface area contributed by atoms with Gasteiger partial charge in [-0.15, -0.1) is 0 Å². The second-order valence-electron chi connectivity index (χ2n) is 6.26. The zero-order valence-corrected chi connectivity index (χ0v) is 14.5. The van der Waals surface area contributed by atoms with Crippen molar-refractivity contribution in [2.45, 2.75) is 32.4 Å². The van der Waals surface area contributed by atoms with Gasteiger partial charge in [-0.2, -0.15) is 4.98 Å². The highest BCUT2D eigenvalue weighted by atomic mass is 16.5. The molecule has 7 nitrogen and oxygen atoms in total. The first-order chi connectivity index (χ1) is 12.2. The van der Waals surface area contributed by atoms with Crippen LogP contribution in [-0.4, -0.2) is 53.3 Å². The van der Waals surface area contributed by atoms with Gasteiger partial charge in [-0.1, -0.05) is 29.4 Å². The Kier molecular flexibility index (Phi) is 6.14. The Bertz CT molecular complexity index is 651. The zero-order valence-electron chi connectivity index (χ0n) is 14.5. The van der Waals surface area contributed by atoms with E-state index in [0.29, 0.717) is 24.8 Å². The zero-order chi connectivity index (χ0) is 17.5. The highest BCUT2D eigenvalue weighted by molar-refractivity contribution is 5.75. The Morgan fingerprint density at radius 1 is 1.28 bits per heavy atom. The van der Waals surface area contributed by atoms with Gasteiger partial charge in [-0.05, 0) is 18.9 Å². The average Bonchev–Trinajstić information content (AvgIpc) is 3.20. The Morgan fingerprint density at radius 3 is 2.72 bits per heavy atom. The van der Waals surface area contributed by atoms with Crippen molar-refractivity contribution in [2.75, 3.05) is 26.3 Å². The van der Waals surface area contributed by atoms with Gasteiger partial charge in [0.25, 0.3) is 0 Å². The number of aromatic nitrogens is 2. The van der Waals surface area contributed by atoms with Crippen molar-refractivity contribution in [3.8, 4) is 11.4 Å². The van der Waals surface area contributed by atoms with Crippen molar-refractivity contribution < 1.29 is 14.1 Å². The molecule has 0 unspecified atom stereocenters. The van der Waals surface area contributed by atoms with Gasteiger partial charge >= 0.3 is 0 Å². The van der Waals surface area contributed by atoms with Crippen molar-refractivity contribution >= 4 is 5.91 Å². The predicted octanol–water partition coefficient (Wildman–Crippen LogP) is 1.85. The lowest BCUT2D eigenvalue weighted by Gasteiger charge is -2.32. The Hall–Kier alpha value is -2.25. The lowest BCUT2D eigenvalue weighted by atomic mass is 10.1. The highest BCUT2D eigenvalue weighted by Gasteiger charge is 2.17. The van der Waals surface area contributed by atoms with Gasteiger partial charge in [0.05, 0.1) is 13.2 Å². The molecule has 134 valence electrons. The Morgan fingerprint density at radius 2 is 2.04 bits per heavy atom. The van der Waals surface area contributed by atoms with Gasteiger partial charge in [0.1, 0.15) is 0 Å². The van der Waals surface area contributed by atoms with Gasteiger partial charge < -0.3 is 14.6 Å².